The number of hydrogen-bond acceptors (Lipinski definition) is 3. The Hall–Kier alpha value is -2.34. The van der Waals surface area contributed by atoms with Gasteiger partial charge in [-0.15, -0.1) is 37.2 Å². The lowest BCUT2D eigenvalue weighted by Crippen LogP contribution is -2.56. The quantitative estimate of drug-likeness (QED) is 0.287. The van der Waals surface area contributed by atoms with E-state index < -0.39 is 0 Å². The normalized spacial score (nSPS) is 15.2. The summed E-state index contributed by atoms with van der Waals surface area (Å²) in [7, 11) is 0. The number of H-pyrrole nitrogens is 1. The molecule has 0 saturated carbocycles. The molecule has 1 aromatic heterocycles. The molecule has 4 aromatic rings. The van der Waals surface area contributed by atoms with Crippen molar-refractivity contribution in [2.75, 3.05) is 26.2 Å². The predicted molar refractivity (Wildman–Crippen MR) is 157 cm³/mol. The third-order valence-electron chi connectivity index (χ3n) is 7.01. The SMILES string of the molecule is Cc1[nH]c(-c2ccccc2)nc1C(C)(C(c1ccccc1)c1ccccc1)N1CCNCC1.Cl.Cl.Cl. The third kappa shape index (κ3) is 5.80. The molecule has 1 unspecified atom stereocenters. The Morgan fingerprint density at radius 3 is 1.72 bits per heavy atom. The highest BCUT2D eigenvalue weighted by Gasteiger charge is 2.46. The average Bonchev–Trinajstić information content (AvgIpc) is 3.28. The number of halogens is 3. The largest absolute Gasteiger partial charge is 0.342 e. The van der Waals surface area contributed by atoms with E-state index in [1.54, 1.807) is 0 Å². The number of nitrogens with zero attached hydrogens (tertiary/aromatic N) is 2. The number of rotatable bonds is 6. The molecule has 2 heterocycles. The van der Waals surface area contributed by atoms with Crippen molar-refractivity contribution in [3.63, 3.8) is 0 Å². The van der Waals surface area contributed by atoms with Gasteiger partial charge in [0.15, 0.2) is 0 Å². The van der Waals surface area contributed by atoms with Crippen LogP contribution in [0.25, 0.3) is 11.4 Å². The number of nitrogens with one attached hydrogen (secondary N) is 2. The summed E-state index contributed by atoms with van der Waals surface area (Å²) in [5.41, 5.74) is 5.68. The Labute approximate surface area is 233 Å². The van der Waals surface area contributed by atoms with Gasteiger partial charge in [0.25, 0.3) is 0 Å². The Bertz CT molecular complexity index is 1140. The number of aromatic nitrogens is 2. The molecule has 1 aliphatic rings. The van der Waals surface area contributed by atoms with Crippen LogP contribution in [0.4, 0.5) is 0 Å². The monoisotopic (exact) mass is 544 g/mol. The van der Waals surface area contributed by atoms with Crippen molar-refractivity contribution in [2.24, 2.45) is 0 Å². The van der Waals surface area contributed by atoms with E-state index in [-0.39, 0.29) is 48.7 Å². The zero-order valence-corrected chi connectivity index (χ0v) is 23.1. The lowest BCUT2D eigenvalue weighted by molar-refractivity contribution is 0.0673. The lowest BCUT2D eigenvalue weighted by atomic mass is 9.72. The van der Waals surface area contributed by atoms with Gasteiger partial charge >= 0.3 is 0 Å². The molecule has 5 rings (SSSR count). The van der Waals surface area contributed by atoms with Crippen molar-refractivity contribution < 1.29 is 0 Å². The van der Waals surface area contributed by atoms with E-state index in [0.717, 1.165) is 49.0 Å². The second-order valence-electron chi connectivity index (χ2n) is 9.06. The first-order valence-electron chi connectivity index (χ1n) is 11.9. The van der Waals surface area contributed by atoms with Crippen molar-refractivity contribution in [3.8, 4) is 11.4 Å². The van der Waals surface area contributed by atoms with Crippen LogP contribution in [0.3, 0.4) is 0 Å². The summed E-state index contributed by atoms with van der Waals surface area (Å²) in [5, 5.41) is 3.53. The molecule has 1 aliphatic heterocycles. The van der Waals surface area contributed by atoms with E-state index in [9.17, 15) is 0 Å². The van der Waals surface area contributed by atoms with Crippen molar-refractivity contribution >= 4 is 37.2 Å². The first-order chi connectivity index (χ1) is 16.2. The van der Waals surface area contributed by atoms with Gasteiger partial charge in [0.2, 0.25) is 0 Å². The van der Waals surface area contributed by atoms with E-state index in [0.29, 0.717) is 0 Å². The summed E-state index contributed by atoms with van der Waals surface area (Å²) in [6.07, 6.45) is 0. The number of aryl methyl sites for hydroxylation is 1. The second kappa shape index (κ2) is 13.3. The molecule has 0 radical (unpaired) electrons. The molecule has 0 bridgehead atoms. The molecule has 4 nitrogen and oxygen atoms in total. The van der Waals surface area contributed by atoms with Crippen LogP contribution in [0, 0.1) is 6.92 Å². The fourth-order valence-corrected chi connectivity index (χ4v) is 5.42. The predicted octanol–water partition coefficient (Wildman–Crippen LogP) is 6.60. The van der Waals surface area contributed by atoms with Gasteiger partial charge in [0.05, 0.1) is 11.2 Å². The highest BCUT2D eigenvalue weighted by atomic mass is 35.5. The molecular formula is C29H35Cl3N4. The van der Waals surface area contributed by atoms with Crippen LogP contribution >= 0.6 is 37.2 Å². The highest BCUT2D eigenvalue weighted by Crippen LogP contribution is 2.46. The number of aromatic amines is 1. The maximum Gasteiger partial charge on any atom is 0.137 e. The molecule has 7 heteroatoms. The van der Waals surface area contributed by atoms with E-state index >= 15 is 0 Å². The van der Waals surface area contributed by atoms with Gasteiger partial charge in [-0.25, -0.2) is 4.98 Å². The molecule has 0 aliphatic carbocycles. The van der Waals surface area contributed by atoms with Crippen LogP contribution < -0.4 is 5.32 Å². The van der Waals surface area contributed by atoms with Gasteiger partial charge < -0.3 is 10.3 Å². The average molecular weight is 546 g/mol. The van der Waals surface area contributed by atoms with Gasteiger partial charge in [0.1, 0.15) is 5.82 Å². The molecule has 1 atom stereocenters. The van der Waals surface area contributed by atoms with Gasteiger partial charge in [-0.3, -0.25) is 4.90 Å². The third-order valence-corrected chi connectivity index (χ3v) is 7.01. The summed E-state index contributed by atoms with van der Waals surface area (Å²) < 4.78 is 0. The van der Waals surface area contributed by atoms with E-state index in [1.165, 1.54) is 11.1 Å². The Kier molecular flexibility index (Phi) is 11.0. The highest BCUT2D eigenvalue weighted by molar-refractivity contribution is 5.86. The smallest absolute Gasteiger partial charge is 0.137 e. The summed E-state index contributed by atoms with van der Waals surface area (Å²) in [5.74, 6) is 1.08. The minimum Gasteiger partial charge on any atom is -0.342 e. The summed E-state index contributed by atoms with van der Waals surface area (Å²) in [6, 6.07) is 32.3. The first-order valence-corrected chi connectivity index (χ1v) is 11.9. The van der Waals surface area contributed by atoms with Crippen molar-refractivity contribution in [1.82, 2.24) is 20.2 Å². The number of hydrogen-bond donors (Lipinski definition) is 2. The van der Waals surface area contributed by atoms with Crippen LogP contribution in [-0.4, -0.2) is 41.0 Å². The molecule has 1 saturated heterocycles. The summed E-state index contributed by atoms with van der Waals surface area (Å²) >= 11 is 0. The zero-order valence-electron chi connectivity index (χ0n) is 20.7. The molecule has 192 valence electrons. The number of imidazole rings is 1. The minimum absolute atomic E-state index is 0. The first kappa shape index (κ1) is 29.9. The molecule has 0 amide bonds. The fourth-order valence-electron chi connectivity index (χ4n) is 5.42. The molecule has 1 fully saturated rings. The van der Waals surface area contributed by atoms with Crippen LogP contribution in [0.5, 0.6) is 0 Å². The maximum absolute atomic E-state index is 5.28. The van der Waals surface area contributed by atoms with Gasteiger partial charge in [-0.2, -0.15) is 0 Å². The minimum atomic E-state index is -0.321. The van der Waals surface area contributed by atoms with Gasteiger partial charge in [0, 0.05) is 43.4 Å². The fraction of sp³-hybridized carbons (Fsp3) is 0.276. The van der Waals surface area contributed by atoms with E-state index in [1.807, 2.05) is 6.07 Å². The number of piperazine rings is 1. The second-order valence-corrected chi connectivity index (χ2v) is 9.06. The standard InChI is InChI=1S/C29H32N4.3ClH/c1-22-27(32-28(31-22)25-16-10-5-11-17-25)29(2,33-20-18-30-19-21-33)26(23-12-6-3-7-13-23)24-14-8-4-9-15-24;;;/h3-17,26,30H,18-21H2,1-2H3,(H,31,32);3*1H. The van der Waals surface area contributed by atoms with Crippen LogP contribution in [0.2, 0.25) is 0 Å². The molecule has 2 N–H and O–H groups in total. The van der Waals surface area contributed by atoms with Crippen LogP contribution in [0.15, 0.2) is 91.0 Å². The molecular weight excluding hydrogens is 511 g/mol. The van der Waals surface area contributed by atoms with E-state index in [4.69, 9.17) is 4.98 Å². The summed E-state index contributed by atoms with van der Waals surface area (Å²) in [6.45, 7) is 8.50. The number of benzene rings is 3. The zero-order chi connectivity index (χ0) is 22.7. The molecule has 0 spiro atoms. The van der Waals surface area contributed by atoms with Crippen LogP contribution in [-0.2, 0) is 5.54 Å². The topological polar surface area (TPSA) is 44.0 Å². The van der Waals surface area contributed by atoms with Gasteiger partial charge in [-0.1, -0.05) is 91.0 Å². The van der Waals surface area contributed by atoms with Crippen molar-refractivity contribution in [3.05, 3.63) is 114 Å². The van der Waals surface area contributed by atoms with Crippen molar-refractivity contribution in [2.45, 2.75) is 25.3 Å². The van der Waals surface area contributed by atoms with Gasteiger partial charge in [-0.05, 0) is 25.0 Å². The summed E-state index contributed by atoms with van der Waals surface area (Å²) in [4.78, 5) is 11.5. The Morgan fingerprint density at radius 2 is 1.22 bits per heavy atom. The van der Waals surface area contributed by atoms with E-state index in [2.05, 4.69) is 114 Å². The lowest BCUT2D eigenvalue weighted by Gasteiger charge is -2.48. The van der Waals surface area contributed by atoms with Crippen LogP contribution in [0.1, 0.15) is 35.4 Å². The Morgan fingerprint density at radius 1 is 0.750 bits per heavy atom. The Balaban J connectivity index is 0.00000152. The van der Waals surface area contributed by atoms with Crippen molar-refractivity contribution in [1.29, 1.82) is 0 Å². The molecule has 36 heavy (non-hydrogen) atoms. The maximum atomic E-state index is 5.28. The molecule has 3 aromatic carbocycles.